The van der Waals surface area contributed by atoms with Gasteiger partial charge in [0.15, 0.2) is 0 Å². The Balaban J connectivity index is 1.89. The van der Waals surface area contributed by atoms with E-state index in [-0.39, 0.29) is 5.69 Å². The molecule has 0 radical (unpaired) electrons. The zero-order chi connectivity index (χ0) is 15.5. The average molecular weight is 297 g/mol. The number of imidazole rings is 1. The Bertz CT molecular complexity index is 810. The van der Waals surface area contributed by atoms with Crippen LogP contribution in [0.2, 0.25) is 0 Å². The van der Waals surface area contributed by atoms with Gasteiger partial charge in [-0.25, -0.2) is 14.5 Å². The van der Waals surface area contributed by atoms with Crippen molar-refractivity contribution in [1.82, 2.24) is 23.9 Å². The number of aryl methyl sites for hydroxylation is 2. The minimum absolute atomic E-state index is 0.0742. The van der Waals surface area contributed by atoms with Gasteiger partial charge in [-0.3, -0.25) is 9.13 Å². The Morgan fingerprint density at radius 3 is 2.64 bits per heavy atom. The van der Waals surface area contributed by atoms with Gasteiger partial charge in [-0.2, -0.15) is 5.10 Å². The summed E-state index contributed by atoms with van der Waals surface area (Å²) >= 11 is 0. The number of nitrogens with zero attached hydrogens (tertiary/aromatic N) is 5. The molecule has 0 aliphatic carbocycles. The molecule has 0 aliphatic heterocycles. The smallest absolute Gasteiger partial charge is 0.291 e. The molecule has 0 N–H and O–H groups in total. The Labute approximate surface area is 128 Å². The van der Waals surface area contributed by atoms with Gasteiger partial charge >= 0.3 is 5.69 Å². The van der Waals surface area contributed by atoms with Gasteiger partial charge in [-0.1, -0.05) is 24.6 Å². The summed E-state index contributed by atoms with van der Waals surface area (Å²) in [5.41, 5.74) is 1.96. The molecule has 2 aromatic heterocycles. The Morgan fingerprint density at radius 1 is 1.14 bits per heavy atom. The highest BCUT2D eigenvalue weighted by molar-refractivity contribution is 5.34. The summed E-state index contributed by atoms with van der Waals surface area (Å²) in [6.07, 6.45) is 6.09. The maximum absolute atomic E-state index is 12.5. The van der Waals surface area contributed by atoms with E-state index in [0.29, 0.717) is 6.54 Å². The van der Waals surface area contributed by atoms with E-state index in [1.165, 1.54) is 11.9 Å². The zero-order valence-corrected chi connectivity index (χ0v) is 12.8. The molecule has 0 unspecified atom stereocenters. The highest BCUT2D eigenvalue weighted by Gasteiger charge is 2.09. The van der Waals surface area contributed by atoms with E-state index in [2.05, 4.69) is 17.0 Å². The van der Waals surface area contributed by atoms with Crippen molar-refractivity contribution in [3.63, 3.8) is 0 Å². The monoisotopic (exact) mass is 297 g/mol. The summed E-state index contributed by atoms with van der Waals surface area (Å²) in [6.45, 7) is 5.35. The number of hydrogen-bond donors (Lipinski definition) is 0. The number of aromatic nitrogens is 5. The van der Waals surface area contributed by atoms with Crippen LogP contribution < -0.4 is 5.69 Å². The molecule has 0 saturated carbocycles. The minimum Gasteiger partial charge on any atom is -0.291 e. The van der Waals surface area contributed by atoms with E-state index in [9.17, 15) is 4.79 Å². The first-order valence-corrected chi connectivity index (χ1v) is 7.40. The first kappa shape index (κ1) is 14.3. The van der Waals surface area contributed by atoms with Crippen LogP contribution in [0.4, 0.5) is 0 Å². The van der Waals surface area contributed by atoms with Crippen molar-refractivity contribution in [1.29, 1.82) is 0 Å². The molecule has 0 saturated heterocycles. The second-order valence-corrected chi connectivity index (χ2v) is 5.31. The molecule has 0 spiro atoms. The topological polar surface area (TPSA) is 57.6 Å². The van der Waals surface area contributed by atoms with Gasteiger partial charge in [-0.15, -0.1) is 0 Å². The molecule has 2 heterocycles. The maximum atomic E-state index is 12.5. The summed E-state index contributed by atoms with van der Waals surface area (Å²) in [6, 6.07) is 7.88. The van der Waals surface area contributed by atoms with Gasteiger partial charge in [0.25, 0.3) is 0 Å². The molecule has 0 fully saturated rings. The summed E-state index contributed by atoms with van der Waals surface area (Å²) in [5.74, 6) is 0.797. The molecule has 22 heavy (non-hydrogen) atoms. The minimum atomic E-state index is -0.0742. The van der Waals surface area contributed by atoms with Crippen LogP contribution in [0.25, 0.3) is 5.69 Å². The molecule has 1 aromatic carbocycles. The standard InChI is InChI=1S/C16H19N5O/c1-3-8-21-15(17-12-18-21)11-19-9-10-20(16(19)22)14-6-4-13(2)5-7-14/h4-7,9-10,12H,3,8,11H2,1-2H3. The van der Waals surface area contributed by atoms with Crippen molar-refractivity contribution >= 4 is 0 Å². The van der Waals surface area contributed by atoms with Crippen LogP contribution in [0.3, 0.4) is 0 Å². The predicted molar refractivity (Wildman–Crippen MR) is 84.2 cm³/mol. The number of benzene rings is 1. The first-order chi connectivity index (χ1) is 10.7. The van der Waals surface area contributed by atoms with Crippen molar-refractivity contribution in [3.8, 4) is 5.69 Å². The fourth-order valence-corrected chi connectivity index (χ4v) is 2.40. The first-order valence-electron chi connectivity index (χ1n) is 7.40. The van der Waals surface area contributed by atoms with Crippen molar-refractivity contribution < 1.29 is 0 Å². The third-order valence-corrected chi connectivity index (χ3v) is 3.60. The lowest BCUT2D eigenvalue weighted by molar-refractivity contribution is 0.549. The molecule has 0 amide bonds. The van der Waals surface area contributed by atoms with Crippen LogP contribution >= 0.6 is 0 Å². The third kappa shape index (κ3) is 2.72. The second kappa shape index (κ2) is 6.01. The highest BCUT2D eigenvalue weighted by Crippen LogP contribution is 2.07. The molecule has 0 bridgehead atoms. The lowest BCUT2D eigenvalue weighted by Crippen LogP contribution is -2.24. The normalized spacial score (nSPS) is 11.0. The number of hydrogen-bond acceptors (Lipinski definition) is 3. The van der Waals surface area contributed by atoms with Crippen LogP contribution in [-0.4, -0.2) is 23.9 Å². The van der Waals surface area contributed by atoms with Gasteiger partial charge in [0.2, 0.25) is 0 Å². The van der Waals surface area contributed by atoms with Gasteiger partial charge < -0.3 is 0 Å². The Hall–Kier alpha value is -2.63. The fraction of sp³-hybridized carbons (Fsp3) is 0.312. The summed E-state index contributed by atoms with van der Waals surface area (Å²) in [7, 11) is 0. The fourth-order valence-electron chi connectivity index (χ4n) is 2.40. The quantitative estimate of drug-likeness (QED) is 0.723. The molecule has 0 atom stereocenters. The van der Waals surface area contributed by atoms with E-state index in [0.717, 1.165) is 24.5 Å². The molecule has 6 nitrogen and oxygen atoms in total. The zero-order valence-electron chi connectivity index (χ0n) is 12.8. The molecule has 3 rings (SSSR count). The second-order valence-electron chi connectivity index (χ2n) is 5.31. The van der Waals surface area contributed by atoms with Crippen LogP contribution in [0, 0.1) is 6.92 Å². The molecule has 0 aliphatic rings. The van der Waals surface area contributed by atoms with Gasteiger partial charge in [0.1, 0.15) is 12.2 Å². The van der Waals surface area contributed by atoms with Crippen molar-refractivity contribution in [2.75, 3.05) is 0 Å². The lowest BCUT2D eigenvalue weighted by atomic mass is 10.2. The van der Waals surface area contributed by atoms with Crippen LogP contribution in [0.5, 0.6) is 0 Å². The van der Waals surface area contributed by atoms with E-state index >= 15 is 0 Å². The summed E-state index contributed by atoms with van der Waals surface area (Å²) in [4.78, 5) is 16.8. The molecular weight excluding hydrogens is 278 g/mol. The van der Waals surface area contributed by atoms with Crippen LogP contribution in [0.15, 0.2) is 47.8 Å². The molecule has 114 valence electrons. The van der Waals surface area contributed by atoms with Crippen LogP contribution in [0.1, 0.15) is 24.7 Å². The number of rotatable bonds is 5. The van der Waals surface area contributed by atoms with Gasteiger partial charge in [0, 0.05) is 18.9 Å². The maximum Gasteiger partial charge on any atom is 0.333 e. The Kier molecular flexibility index (Phi) is 3.91. The Morgan fingerprint density at radius 2 is 1.91 bits per heavy atom. The van der Waals surface area contributed by atoms with Crippen molar-refractivity contribution in [3.05, 3.63) is 64.9 Å². The van der Waals surface area contributed by atoms with E-state index in [1.54, 1.807) is 21.5 Å². The largest absolute Gasteiger partial charge is 0.333 e. The van der Waals surface area contributed by atoms with Crippen molar-refractivity contribution in [2.45, 2.75) is 33.4 Å². The van der Waals surface area contributed by atoms with Crippen LogP contribution in [-0.2, 0) is 13.1 Å². The summed E-state index contributed by atoms with van der Waals surface area (Å²) < 4.78 is 5.13. The van der Waals surface area contributed by atoms with E-state index < -0.39 is 0 Å². The van der Waals surface area contributed by atoms with E-state index in [4.69, 9.17) is 0 Å². The van der Waals surface area contributed by atoms with Gasteiger partial charge in [-0.05, 0) is 25.5 Å². The summed E-state index contributed by atoms with van der Waals surface area (Å²) in [5, 5.41) is 4.19. The van der Waals surface area contributed by atoms with Crippen molar-refractivity contribution in [2.24, 2.45) is 0 Å². The average Bonchev–Trinajstić information content (AvgIpc) is 3.09. The third-order valence-electron chi connectivity index (χ3n) is 3.60. The van der Waals surface area contributed by atoms with Gasteiger partial charge in [0.05, 0.1) is 12.2 Å². The molecular formula is C16H19N5O. The molecule has 3 aromatic rings. The van der Waals surface area contributed by atoms with E-state index in [1.807, 2.05) is 35.9 Å². The molecule has 6 heteroatoms. The highest BCUT2D eigenvalue weighted by atomic mass is 16.1. The lowest BCUT2D eigenvalue weighted by Gasteiger charge is -2.05. The SMILES string of the molecule is CCCn1ncnc1Cn1ccn(-c2ccc(C)cc2)c1=O. The predicted octanol–water partition coefficient (Wildman–Crippen LogP) is 2.00.